The van der Waals surface area contributed by atoms with Gasteiger partial charge in [0.05, 0.1) is 18.7 Å². The van der Waals surface area contributed by atoms with Crippen LogP contribution in [0.15, 0.2) is 28.2 Å². The molecular formula is C21H24N4O4S. The first kappa shape index (κ1) is 19.4. The average Bonchev–Trinajstić information content (AvgIpc) is 3.39. The second-order valence-corrected chi connectivity index (χ2v) is 8.72. The van der Waals surface area contributed by atoms with Gasteiger partial charge in [0.2, 0.25) is 5.91 Å². The molecule has 4 heterocycles. The van der Waals surface area contributed by atoms with Gasteiger partial charge in [0.15, 0.2) is 5.16 Å². The van der Waals surface area contributed by atoms with E-state index in [9.17, 15) is 9.59 Å². The average molecular weight is 429 g/mol. The molecule has 1 atom stereocenters. The summed E-state index contributed by atoms with van der Waals surface area (Å²) in [6, 6.07) is 5.61. The fraction of sp³-hybridized carbons (Fsp3) is 0.476. The molecular weight excluding hydrogens is 404 g/mol. The number of hydrogen-bond donors (Lipinski definition) is 1. The molecule has 158 valence electrons. The number of benzene rings is 1. The number of nitrogens with one attached hydrogen (secondary N) is 1. The van der Waals surface area contributed by atoms with Crippen LogP contribution in [0.25, 0.3) is 21.9 Å². The topological polar surface area (TPSA) is 87.4 Å². The van der Waals surface area contributed by atoms with Crippen molar-refractivity contribution in [2.45, 2.75) is 43.6 Å². The van der Waals surface area contributed by atoms with E-state index in [1.807, 2.05) is 18.2 Å². The van der Waals surface area contributed by atoms with E-state index in [1.54, 1.807) is 28.0 Å². The number of thioether (sulfide) groups is 1. The second-order valence-electron chi connectivity index (χ2n) is 7.66. The monoisotopic (exact) mass is 428 g/mol. The molecule has 1 aromatic carbocycles. The molecule has 0 saturated carbocycles. The molecule has 2 aliphatic rings. The van der Waals surface area contributed by atoms with E-state index in [1.165, 1.54) is 0 Å². The summed E-state index contributed by atoms with van der Waals surface area (Å²) in [6.45, 7) is 1.95. The molecule has 0 spiro atoms. The molecule has 8 nitrogen and oxygen atoms in total. The number of nitrogens with zero attached hydrogens (tertiary/aromatic N) is 3. The predicted octanol–water partition coefficient (Wildman–Crippen LogP) is 2.15. The first-order valence-electron chi connectivity index (χ1n) is 10.3. The number of hydrogen-bond acceptors (Lipinski definition) is 6. The molecule has 0 unspecified atom stereocenters. The number of carbonyl (C=O) groups excluding carboxylic acids is 1. The highest BCUT2D eigenvalue weighted by Crippen LogP contribution is 2.31. The number of amides is 1. The van der Waals surface area contributed by atoms with Gasteiger partial charge in [-0.1, -0.05) is 11.8 Å². The number of ether oxygens (including phenoxy) is 2. The van der Waals surface area contributed by atoms with Crippen molar-refractivity contribution in [2.24, 2.45) is 0 Å². The number of rotatable bonds is 5. The van der Waals surface area contributed by atoms with Gasteiger partial charge >= 0.3 is 0 Å². The Labute approximate surface area is 177 Å². The lowest BCUT2D eigenvalue weighted by Gasteiger charge is -2.17. The van der Waals surface area contributed by atoms with Crippen LogP contribution >= 0.6 is 11.8 Å². The smallest absolute Gasteiger partial charge is 0.278 e. The minimum atomic E-state index is -0.142. The Balaban J connectivity index is 1.59. The van der Waals surface area contributed by atoms with Crippen LogP contribution in [-0.4, -0.2) is 52.1 Å². The second kappa shape index (κ2) is 7.96. The normalized spacial score (nSPS) is 18.6. The fourth-order valence-corrected chi connectivity index (χ4v) is 5.18. The minimum absolute atomic E-state index is 0.0580. The van der Waals surface area contributed by atoms with Crippen LogP contribution in [0.3, 0.4) is 0 Å². The number of aromatic nitrogens is 3. The largest absolute Gasteiger partial charge is 0.497 e. The van der Waals surface area contributed by atoms with Gasteiger partial charge in [-0.15, -0.1) is 0 Å². The maximum atomic E-state index is 13.4. The predicted molar refractivity (Wildman–Crippen MR) is 115 cm³/mol. The molecule has 5 rings (SSSR count). The Hall–Kier alpha value is -2.52. The SMILES string of the molecule is COc1ccc2c(c1)c1nc3n(c(=O)c1n2CC(=O)NC[C@H]1CCCO1)CCCS3. The molecule has 2 aromatic heterocycles. The summed E-state index contributed by atoms with van der Waals surface area (Å²) in [5.74, 6) is 1.50. The summed E-state index contributed by atoms with van der Waals surface area (Å²) in [4.78, 5) is 30.9. The molecule has 3 aromatic rings. The Morgan fingerprint density at radius 1 is 1.40 bits per heavy atom. The Morgan fingerprint density at radius 2 is 2.30 bits per heavy atom. The van der Waals surface area contributed by atoms with Gasteiger partial charge in [0, 0.05) is 30.8 Å². The van der Waals surface area contributed by atoms with Crippen molar-refractivity contribution in [1.82, 2.24) is 19.4 Å². The van der Waals surface area contributed by atoms with Crippen LogP contribution in [0.1, 0.15) is 19.3 Å². The van der Waals surface area contributed by atoms with Crippen LogP contribution in [0.4, 0.5) is 0 Å². The van der Waals surface area contributed by atoms with Gasteiger partial charge in [-0.2, -0.15) is 0 Å². The number of methoxy groups -OCH3 is 1. The van der Waals surface area contributed by atoms with E-state index in [0.717, 1.165) is 47.7 Å². The van der Waals surface area contributed by atoms with Gasteiger partial charge in [-0.25, -0.2) is 4.98 Å². The zero-order valence-corrected chi connectivity index (χ0v) is 17.7. The van der Waals surface area contributed by atoms with Crippen molar-refractivity contribution in [3.05, 3.63) is 28.6 Å². The summed E-state index contributed by atoms with van der Waals surface area (Å²) < 4.78 is 14.5. The Bertz CT molecular complexity index is 1180. The van der Waals surface area contributed by atoms with Crippen molar-refractivity contribution < 1.29 is 14.3 Å². The molecule has 0 bridgehead atoms. The van der Waals surface area contributed by atoms with Crippen molar-refractivity contribution in [3.8, 4) is 5.75 Å². The summed E-state index contributed by atoms with van der Waals surface area (Å²) in [7, 11) is 1.61. The van der Waals surface area contributed by atoms with E-state index >= 15 is 0 Å². The summed E-state index contributed by atoms with van der Waals surface area (Å²) in [6.07, 6.45) is 3.00. The lowest BCUT2D eigenvalue weighted by atomic mass is 10.2. The van der Waals surface area contributed by atoms with E-state index in [2.05, 4.69) is 5.32 Å². The Morgan fingerprint density at radius 3 is 3.10 bits per heavy atom. The highest BCUT2D eigenvalue weighted by atomic mass is 32.2. The van der Waals surface area contributed by atoms with Crippen LogP contribution in [0, 0.1) is 0 Å². The minimum Gasteiger partial charge on any atom is -0.497 e. The third-order valence-corrected chi connectivity index (χ3v) is 6.80. The molecule has 2 aliphatic heterocycles. The van der Waals surface area contributed by atoms with Crippen LogP contribution in [0.5, 0.6) is 5.75 Å². The third kappa shape index (κ3) is 3.35. The molecule has 1 N–H and O–H groups in total. The van der Waals surface area contributed by atoms with E-state index in [0.29, 0.717) is 29.9 Å². The maximum absolute atomic E-state index is 13.4. The van der Waals surface area contributed by atoms with E-state index < -0.39 is 0 Å². The van der Waals surface area contributed by atoms with Crippen molar-refractivity contribution in [2.75, 3.05) is 26.0 Å². The standard InChI is InChI=1S/C21H24N4O4S/c1-28-13-5-6-16-15(10-13)18-19(20(27)24-7-3-9-30-21(24)23-18)25(16)12-17(26)22-11-14-4-2-8-29-14/h5-6,10,14H,2-4,7-9,11-12H2,1H3,(H,22,26)/t14-/m1/s1. The highest BCUT2D eigenvalue weighted by molar-refractivity contribution is 7.99. The highest BCUT2D eigenvalue weighted by Gasteiger charge is 2.23. The van der Waals surface area contributed by atoms with Gasteiger partial charge < -0.3 is 19.4 Å². The summed E-state index contributed by atoms with van der Waals surface area (Å²) in [5, 5.41) is 4.52. The molecule has 30 heavy (non-hydrogen) atoms. The number of fused-ring (bicyclic) bond motifs is 4. The molecule has 1 amide bonds. The fourth-order valence-electron chi connectivity index (χ4n) is 4.23. The van der Waals surface area contributed by atoms with Crippen molar-refractivity contribution in [1.29, 1.82) is 0 Å². The first-order valence-corrected chi connectivity index (χ1v) is 11.3. The molecule has 0 radical (unpaired) electrons. The molecule has 1 fully saturated rings. The van der Waals surface area contributed by atoms with Gasteiger partial charge in [-0.3, -0.25) is 14.2 Å². The van der Waals surface area contributed by atoms with E-state index in [-0.39, 0.29) is 24.1 Å². The molecule has 1 saturated heterocycles. The van der Waals surface area contributed by atoms with Gasteiger partial charge in [0.25, 0.3) is 5.56 Å². The van der Waals surface area contributed by atoms with Crippen LogP contribution < -0.4 is 15.6 Å². The van der Waals surface area contributed by atoms with E-state index in [4.69, 9.17) is 14.5 Å². The molecule has 0 aliphatic carbocycles. The zero-order valence-electron chi connectivity index (χ0n) is 16.8. The number of carbonyl (C=O) groups is 1. The first-order chi connectivity index (χ1) is 14.7. The van der Waals surface area contributed by atoms with Crippen LogP contribution in [-0.2, 0) is 22.6 Å². The van der Waals surface area contributed by atoms with Crippen molar-refractivity contribution >= 4 is 39.6 Å². The van der Waals surface area contributed by atoms with Gasteiger partial charge in [0.1, 0.15) is 23.3 Å². The Kier molecular flexibility index (Phi) is 5.16. The third-order valence-electron chi connectivity index (χ3n) is 5.74. The lowest BCUT2D eigenvalue weighted by molar-refractivity contribution is -0.122. The molecule has 9 heteroatoms. The zero-order chi connectivity index (χ0) is 20.7. The maximum Gasteiger partial charge on any atom is 0.278 e. The van der Waals surface area contributed by atoms with Crippen molar-refractivity contribution in [3.63, 3.8) is 0 Å². The van der Waals surface area contributed by atoms with Gasteiger partial charge in [-0.05, 0) is 37.5 Å². The summed E-state index contributed by atoms with van der Waals surface area (Å²) in [5.41, 5.74) is 1.80. The van der Waals surface area contributed by atoms with Crippen LogP contribution in [0.2, 0.25) is 0 Å². The lowest BCUT2D eigenvalue weighted by Crippen LogP contribution is -2.35. The quantitative estimate of drug-likeness (QED) is 0.627. The summed E-state index contributed by atoms with van der Waals surface area (Å²) >= 11 is 1.60.